The van der Waals surface area contributed by atoms with Crippen molar-refractivity contribution < 1.29 is 4.74 Å². The minimum Gasteiger partial charge on any atom is -0.485 e. The summed E-state index contributed by atoms with van der Waals surface area (Å²) in [6.07, 6.45) is 10.7. The van der Waals surface area contributed by atoms with Gasteiger partial charge < -0.3 is 4.74 Å². The van der Waals surface area contributed by atoms with Crippen molar-refractivity contribution in [2.45, 2.75) is 18.4 Å². The topological polar surface area (TPSA) is 9.23 Å². The van der Waals surface area contributed by atoms with Crippen LogP contribution in [0.4, 0.5) is 0 Å². The van der Waals surface area contributed by atoms with Crippen molar-refractivity contribution in [2.75, 3.05) is 0 Å². The standard InChI is InChI=1S/C19H14O/c1-2-4-15-13(3-1)5-7-18-16(15)6-8-17-14-9-11-19(17,18)20-12-10-14/h1-8,10,12H,9,11H2/t19-/m0/s1. The van der Waals surface area contributed by atoms with Gasteiger partial charge in [0.25, 0.3) is 0 Å². The first kappa shape index (κ1) is 10.5. The zero-order valence-corrected chi connectivity index (χ0v) is 11.1. The molecule has 0 unspecified atom stereocenters. The van der Waals surface area contributed by atoms with Gasteiger partial charge in [0.2, 0.25) is 0 Å². The summed E-state index contributed by atoms with van der Waals surface area (Å²) in [5.74, 6) is 0. The number of hydrogen-bond donors (Lipinski definition) is 0. The fourth-order valence-corrected chi connectivity index (χ4v) is 3.95. The number of allylic oxidation sites excluding steroid dienone is 2. The summed E-state index contributed by atoms with van der Waals surface area (Å²) in [6.45, 7) is 0. The first-order valence-electron chi connectivity index (χ1n) is 7.17. The average molecular weight is 258 g/mol. The van der Waals surface area contributed by atoms with Crippen LogP contribution >= 0.6 is 0 Å². The number of benzene rings is 2. The maximum atomic E-state index is 6.15. The molecular formula is C19H14O. The molecule has 0 N–H and O–H groups in total. The van der Waals surface area contributed by atoms with E-state index in [2.05, 4.69) is 54.6 Å². The molecular weight excluding hydrogens is 244 g/mol. The smallest absolute Gasteiger partial charge is 0.159 e. The van der Waals surface area contributed by atoms with Gasteiger partial charge >= 0.3 is 0 Å². The second-order valence-corrected chi connectivity index (χ2v) is 5.77. The van der Waals surface area contributed by atoms with Gasteiger partial charge in [-0.15, -0.1) is 0 Å². The molecule has 1 nitrogen and oxygen atoms in total. The lowest BCUT2D eigenvalue weighted by Crippen LogP contribution is -2.30. The molecule has 1 aliphatic heterocycles. The second kappa shape index (κ2) is 3.43. The summed E-state index contributed by atoms with van der Waals surface area (Å²) in [5, 5.41) is 2.62. The Morgan fingerprint density at radius 3 is 2.90 bits per heavy atom. The SMILES string of the molecule is C1=CC2=C3C=Cc4c(ccc5ccccc45)[C@@]3(CC2)O1. The zero-order valence-electron chi connectivity index (χ0n) is 11.1. The summed E-state index contributed by atoms with van der Waals surface area (Å²) in [7, 11) is 0. The Morgan fingerprint density at radius 1 is 0.950 bits per heavy atom. The van der Waals surface area contributed by atoms with Crippen LogP contribution in [0.5, 0.6) is 0 Å². The van der Waals surface area contributed by atoms with E-state index in [9.17, 15) is 0 Å². The Balaban J connectivity index is 1.89. The Kier molecular flexibility index (Phi) is 1.80. The fraction of sp³-hybridized carbons (Fsp3) is 0.158. The second-order valence-electron chi connectivity index (χ2n) is 5.77. The molecule has 0 fully saturated rings. The van der Waals surface area contributed by atoms with E-state index < -0.39 is 0 Å². The van der Waals surface area contributed by atoms with Crippen LogP contribution in [0.25, 0.3) is 16.8 Å². The molecule has 0 amide bonds. The Labute approximate surface area is 117 Å². The quantitative estimate of drug-likeness (QED) is 0.665. The van der Waals surface area contributed by atoms with E-state index in [4.69, 9.17) is 4.74 Å². The third kappa shape index (κ3) is 1.10. The van der Waals surface area contributed by atoms with Crippen LogP contribution in [0.3, 0.4) is 0 Å². The highest BCUT2D eigenvalue weighted by Gasteiger charge is 2.46. The monoisotopic (exact) mass is 258 g/mol. The molecule has 2 aliphatic carbocycles. The van der Waals surface area contributed by atoms with Crippen LogP contribution in [0.15, 0.2) is 66.0 Å². The van der Waals surface area contributed by atoms with Crippen molar-refractivity contribution in [3.63, 3.8) is 0 Å². The lowest BCUT2D eigenvalue weighted by Gasteiger charge is -2.36. The molecule has 2 aromatic rings. The van der Waals surface area contributed by atoms with Crippen molar-refractivity contribution in [2.24, 2.45) is 0 Å². The van der Waals surface area contributed by atoms with Crippen molar-refractivity contribution in [1.29, 1.82) is 0 Å². The molecule has 20 heavy (non-hydrogen) atoms. The number of rotatable bonds is 0. The van der Waals surface area contributed by atoms with Gasteiger partial charge in [0.05, 0.1) is 6.26 Å². The number of ether oxygens (including phenoxy) is 1. The summed E-state index contributed by atoms with van der Waals surface area (Å²) in [6, 6.07) is 13.1. The van der Waals surface area contributed by atoms with Crippen LogP contribution in [-0.2, 0) is 10.3 Å². The van der Waals surface area contributed by atoms with Gasteiger partial charge in [0, 0.05) is 11.1 Å². The molecule has 2 bridgehead atoms. The first-order valence-corrected chi connectivity index (χ1v) is 7.17. The van der Waals surface area contributed by atoms with E-state index in [-0.39, 0.29) is 5.60 Å². The maximum Gasteiger partial charge on any atom is 0.159 e. The normalized spacial score (nSPS) is 25.6. The molecule has 0 saturated heterocycles. The predicted octanol–water partition coefficient (Wildman–Crippen LogP) is 4.70. The minimum absolute atomic E-state index is 0.224. The van der Waals surface area contributed by atoms with E-state index in [0.717, 1.165) is 12.8 Å². The molecule has 1 heterocycles. The third-order valence-electron chi connectivity index (χ3n) is 4.89. The summed E-state index contributed by atoms with van der Waals surface area (Å²) >= 11 is 0. The molecule has 0 aromatic heterocycles. The van der Waals surface area contributed by atoms with E-state index in [1.807, 2.05) is 6.26 Å². The van der Waals surface area contributed by atoms with E-state index >= 15 is 0 Å². The van der Waals surface area contributed by atoms with Crippen molar-refractivity contribution in [1.82, 2.24) is 0 Å². The van der Waals surface area contributed by atoms with Gasteiger partial charge in [-0.05, 0) is 40.8 Å². The summed E-state index contributed by atoms with van der Waals surface area (Å²) < 4.78 is 6.15. The van der Waals surface area contributed by atoms with Gasteiger partial charge in [0.15, 0.2) is 5.60 Å². The van der Waals surface area contributed by atoms with Crippen molar-refractivity contribution >= 4 is 16.8 Å². The minimum atomic E-state index is -0.224. The molecule has 3 aliphatic rings. The van der Waals surface area contributed by atoms with Gasteiger partial charge in [-0.3, -0.25) is 0 Å². The van der Waals surface area contributed by atoms with Gasteiger partial charge in [0.1, 0.15) is 0 Å². The van der Waals surface area contributed by atoms with Crippen molar-refractivity contribution in [3.05, 3.63) is 77.1 Å². The molecule has 1 heteroatoms. The van der Waals surface area contributed by atoms with Crippen molar-refractivity contribution in [3.8, 4) is 0 Å². The van der Waals surface area contributed by atoms with Crippen LogP contribution < -0.4 is 0 Å². The Bertz CT molecular complexity index is 838. The highest BCUT2D eigenvalue weighted by atomic mass is 16.5. The molecule has 2 aromatic carbocycles. The van der Waals surface area contributed by atoms with Crippen LogP contribution in [-0.4, -0.2) is 0 Å². The molecule has 5 rings (SSSR count). The van der Waals surface area contributed by atoms with E-state index in [1.54, 1.807) is 0 Å². The Hall–Kier alpha value is -2.28. The predicted molar refractivity (Wildman–Crippen MR) is 81.1 cm³/mol. The largest absolute Gasteiger partial charge is 0.485 e. The van der Waals surface area contributed by atoms with Gasteiger partial charge in [-0.2, -0.15) is 0 Å². The lowest BCUT2D eigenvalue weighted by molar-refractivity contribution is 0.0565. The van der Waals surface area contributed by atoms with E-state index in [0.29, 0.717) is 0 Å². The molecule has 0 spiro atoms. The molecule has 96 valence electrons. The van der Waals surface area contributed by atoms with Crippen LogP contribution in [0.2, 0.25) is 0 Å². The summed E-state index contributed by atoms with van der Waals surface area (Å²) in [5.41, 5.74) is 5.23. The molecule has 0 saturated carbocycles. The lowest BCUT2D eigenvalue weighted by atomic mass is 9.77. The summed E-state index contributed by atoms with van der Waals surface area (Å²) in [4.78, 5) is 0. The van der Waals surface area contributed by atoms with Crippen LogP contribution in [0.1, 0.15) is 24.0 Å². The van der Waals surface area contributed by atoms with Gasteiger partial charge in [-0.1, -0.05) is 48.6 Å². The highest BCUT2D eigenvalue weighted by Crippen LogP contribution is 2.53. The third-order valence-corrected chi connectivity index (χ3v) is 4.89. The number of hydrogen-bond acceptors (Lipinski definition) is 1. The molecule has 0 radical (unpaired) electrons. The zero-order chi connectivity index (χ0) is 13.2. The first-order chi connectivity index (χ1) is 9.88. The van der Waals surface area contributed by atoms with Crippen LogP contribution in [0, 0.1) is 0 Å². The fourth-order valence-electron chi connectivity index (χ4n) is 3.95. The van der Waals surface area contributed by atoms with Gasteiger partial charge in [-0.25, -0.2) is 0 Å². The highest BCUT2D eigenvalue weighted by molar-refractivity contribution is 5.94. The Morgan fingerprint density at radius 2 is 1.90 bits per heavy atom. The molecule has 1 atom stereocenters. The van der Waals surface area contributed by atoms with E-state index in [1.165, 1.54) is 33.0 Å². The average Bonchev–Trinajstić information content (AvgIpc) is 2.73. The number of fused-ring (bicyclic) bond motifs is 3. The maximum absolute atomic E-state index is 6.15.